The van der Waals surface area contributed by atoms with E-state index in [4.69, 9.17) is 4.74 Å². The summed E-state index contributed by atoms with van der Waals surface area (Å²) in [5.41, 5.74) is 1.71. The first-order valence-electron chi connectivity index (χ1n) is 6.73. The van der Waals surface area contributed by atoms with Crippen LogP contribution in [0.15, 0.2) is 18.2 Å². The molecule has 1 saturated heterocycles. The van der Waals surface area contributed by atoms with Crippen molar-refractivity contribution in [1.29, 1.82) is 5.26 Å². The Hall–Kier alpha value is -1.73. The molecule has 0 N–H and O–H groups in total. The first kappa shape index (κ1) is 13.7. The third kappa shape index (κ3) is 2.99. The van der Waals surface area contributed by atoms with Gasteiger partial charge in [0.15, 0.2) is 0 Å². The van der Waals surface area contributed by atoms with Gasteiger partial charge in [-0.25, -0.2) is 0 Å². The van der Waals surface area contributed by atoms with E-state index >= 15 is 0 Å². The molecule has 0 bridgehead atoms. The van der Waals surface area contributed by atoms with Crippen LogP contribution in [0.2, 0.25) is 0 Å². The van der Waals surface area contributed by atoms with Crippen molar-refractivity contribution in [3.8, 4) is 11.8 Å². The number of piperazine rings is 1. The number of nitrogens with zero attached hydrogens (tertiary/aromatic N) is 3. The summed E-state index contributed by atoms with van der Waals surface area (Å²) < 4.78 is 5.26. The Morgan fingerprint density at radius 3 is 2.42 bits per heavy atom. The fourth-order valence-electron chi connectivity index (χ4n) is 2.47. The summed E-state index contributed by atoms with van der Waals surface area (Å²) in [6, 6.07) is 8.49. The Morgan fingerprint density at radius 1 is 1.21 bits per heavy atom. The van der Waals surface area contributed by atoms with E-state index in [-0.39, 0.29) is 0 Å². The molecule has 0 aliphatic carbocycles. The second-order valence-corrected chi connectivity index (χ2v) is 5.11. The third-order valence-corrected chi connectivity index (χ3v) is 3.71. The van der Waals surface area contributed by atoms with Crippen LogP contribution in [0.5, 0.6) is 5.75 Å². The zero-order valence-electron chi connectivity index (χ0n) is 11.9. The van der Waals surface area contributed by atoms with Crippen molar-refractivity contribution < 1.29 is 4.74 Å². The highest BCUT2D eigenvalue weighted by Gasteiger charge is 2.21. The van der Waals surface area contributed by atoms with Gasteiger partial charge >= 0.3 is 0 Å². The molecule has 1 aromatic rings. The summed E-state index contributed by atoms with van der Waals surface area (Å²) in [6.07, 6.45) is 0. The monoisotopic (exact) mass is 259 g/mol. The van der Waals surface area contributed by atoms with E-state index in [0.29, 0.717) is 6.04 Å². The van der Waals surface area contributed by atoms with Crippen LogP contribution in [0.25, 0.3) is 0 Å². The number of nitriles is 1. The smallest absolute Gasteiger partial charge is 0.121 e. The molecule has 1 aliphatic heterocycles. The predicted octanol–water partition coefficient (Wildman–Crippen LogP) is 2.10. The van der Waals surface area contributed by atoms with Gasteiger partial charge in [0.25, 0.3) is 0 Å². The summed E-state index contributed by atoms with van der Waals surface area (Å²) in [5.74, 6) is 0.806. The molecule has 4 heteroatoms. The highest BCUT2D eigenvalue weighted by atomic mass is 16.5. The second-order valence-electron chi connectivity index (χ2n) is 5.11. The van der Waals surface area contributed by atoms with E-state index in [0.717, 1.165) is 43.2 Å². The molecule has 1 aromatic carbocycles. The van der Waals surface area contributed by atoms with Gasteiger partial charge in [-0.2, -0.15) is 5.26 Å². The molecule has 0 amide bonds. The fraction of sp³-hybridized carbons (Fsp3) is 0.533. The molecule has 4 nitrogen and oxygen atoms in total. The zero-order chi connectivity index (χ0) is 13.8. The van der Waals surface area contributed by atoms with Gasteiger partial charge in [0.1, 0.15) is 11.8 Å². The maximum atomic E-state index is 9.22. The van der Waals surface area contributed by atoms with E-state index in [2.05, 4.69) is 29.7 Å². The number of ether oxygens (including phenoxy) is 1. The molecule has 0 radical (unpaired) electrons. The minimum Gasteiger partial charge on any atom is -0.497 e. The van der Waals surface area contributed by atoms with Crippen molar-refractivity contribution >= 4 is 5.69 Å². The molecule has 102 valence electrons. The van der Waals surface area contributed by atoms with Crippen molar-refractivity contribution in [2.75, 3.05) is 38.2 Å². The molecular formula is C15H21N3O. The van der Waals surface area contributed by atoms with Gasteiger partial charge in [0.2, 0.25) is 0 Å². The van der Waals surface area contributed by atoms with Crippen molar-refractivity contribution in [3.63, 3.8) is 0 Å². The van der Waals surface area contributed by atoms with Crippen LogP contribution < -0.4 is 9.64 Å². The normalized spacial score (nSPS) is 16.5. The lowest BCUT2D eigenvalue weighted by molar-refractivity contribution is 0.209. The molecule has 0 saturated carbocycles. The number of benzene rings is 1. The van der Waals surface area contributed by atoms with Crippen molar-refractivity contribution in [1.82, 2.24) is 4.90 Å². The van der Waals surface area contributed by atoms with Gasteiger partial charge in [0, 0.05) is 38.3 Å². The molecule has 1 aliphatic rings. The quantitative estimate of drug-likeness (QED) is 0.833. The SMILES string of the molecule is COc1ccc(C#N)c(N2CCN(C(C)C)CC2)c1. The molecule has 0 unspecified atom stereocenters. The molecule has 0 atom stereocenters. The van der Waals surface area contributed by atoms with Gasteiger partial charge < -0.3 is 9.64 Å². The van der Waals surface area contributed by atoms with Crippen LogP contribution >= 0.6 is 0 Å². The standard InChI is InChI=1S/C15H21N3O/c1-12(2)17-6-8-18(9-7-17)15-10-14(19-3)5-4-13(15)11-16/h4-5,10,12H,6-9H2,1-3H3. The first-order chi connectivity index (χ1) is 9.15. The second kappa shape index (κ2) is 5.94. The summed E-state index contributed by atoms with van der Waals surface area (Å²) >= 11 is 0. The fourth-order valence-corrected chi connectivity index (χ4v) is 2.47. The molecule has 19 heavy (non-hydrogen) atoms. The summed E-state index contributed by atoms with van der Waals surface area (Å²) in [6.45, 7) is 8.45. The molecule has 2 rings (SSSR count). The van der Waals surface area contributed by atoms with Crippen LogP contribution in [0.1, 0.15) is 19.4 Å². The van der Waals surface area contributed by atoms with E-state index in [1.807, 2.05) is 18.2 Å². The van der Waals surface area contributed by atoms with Crippen LogP contribution in [0.3, 0.4) is 0 Å². The lowest BCUT2D eigenvalue weighted by Crippen LogP contribution is -2.49. The minimum atomic E-state index is 0.586. The number of hydrogen-bond donors (Lipinski definition) is 0. The maximum Gasteiger partial charge on any atom is 0.121 e. The number of rotatable bonds is 3. The lowest BCUT2D eigenvalue weighted by atomic mass is 10.1. The number of methoxy groups -OCH3 is 1. The molecule has 0 spiro atoms. The Bertz CT molecular complexity index is 471. The van der Waals surface area contributed by atoms with E-state index in [1.54, 1.807) is 7.11 Å². The topological polar surface area (TPSA) is 39.5 Å². The highest BCUT2D eigenvalue weighted by molar-refractivity contribution is 5.62. The lowest BCUT2D eigenvalue weighted by Gasteiger charge is -2.38. The largest absolute Gasteiger partial charge is 0.497 e. The van der Waals surface area contributed by atoms with E-state index in [1.165, 1.54) is 0 Å². The summed E-state index contributed by atoms with van der Waals surface area (Å²) in [5, 5.41) is 9.22. The van der Waals surface area contributed by atoms with Crippen LogP contribution in [-0.4, -0.2) is 44.2 Å². The Balaban J connectivity index is 2.16. The maximum absolute atomic E-state index is 9.22. The molecule has 1 heterocycles. The number of hydrogen-bond acceptors (Lipinski definition) is 4. The van der Waals surface area contributed by atoms with Crippen molar-refractivity contribution in [2.24, 2.45) is 0 Å². The summed E-state index contributed by atoms with van der Waals surface area (Å²) in [7, 11) is 1.65. The van der Waals surface area contributed by atoms with Gasteiger partial charge in [-0.05, 0) is 26.0 Å². The van der Waals surface area contributed by atoms with E-state index < -0.39 is 0 Å². The average Bonchev–Trinajstić information content (AvgIpc) is 2.46. The van der Waals surface area contributed by atoms with Crippen molar-refractivity contribution in [3.05, 3.63) is 23.8 Å². The zero-order valence-corrected chi connectivity index (χ0v) is 11.9. The Kier molecular flexibility index (Phi) is 4.28. The minimum absolute atomic E-state index is 0.586. The van der Waals surface area contributed by atoms with Gasteiger partial charge in [0.05, 0.1) is 18.4 Å². The van der Waals surface area contributed by atoms with Gasteiger partial charge in [-0.1, -0.05) is 0 Å². The van der Waals surface area contributed by atoms with E-state index in [9.17, 15) is 5.26 Å². The predicted molar refractivity (Wildman–Crippen MR) is 76.6 cm³/mol. The molecule has 1 fully saturated rings. The Morgan fingerprint density at radius 2 is 1.89 bits per heavy atom. The number of anilines is 1. The summed E-state index contributed by atoms with van der Waals surface area (Å²) in [4.78, 5) is 4.74. The molecule has 0 aromatic heterocycles. The first-order valence-corrected chi connectivity index (χ1v) is 6.73. The third-order valence-electron chi connectivity index (χ3n) is 3.71. The van der Waals surface area contributed by atoms with Gasteiger partial charge in [-0.3, -0.25) is 4.90 Å². The van der Waals surface area contributed by atoms with Crippen LogP contribution in [0, 0.1) is 11.3 Å². The Labute approximate surface area is 115 Å². The van der Waals surface area contributed by atoms with Crippen molar-refractivity contribution in [2.45, 2.75) is 19.9 Å². The molecular weight excluding hydrogens is 238 g/mol. The van der Waals surface area contributed by atoms with Crippen LogP contribution in [-0.2, 0) is 0 Å². The average molecular weight is 259 g/mol. The highest BCUT2D eigenvalue weighted by Crippen LogP contribution is 2.26. The van der Waals surface area contributed by atoms with Gasteiger partial charge in [-0.15, -0.1) is 0 Å². The van der Waals surface area contributed by atoms with Crippen LogP contribution in [0.4, 0.5) is 5.69 Å².